The maximum absolute atomic E-state index is 12.7. The molecule has 33 heavy (non-hydrogen) atoms. The van der Waals surface area contributed by atoms with Gasteiger partial charge in [0.2, 0.25) is 5.91 Å². The van der Waals surface area contributed by atoms with Crippen molar-refractivity contribution in [2.24, 2.45) is 0 Å². The smallest absolute Gasteiger partial charge is 0.246 e. The van der Waals surface area contributed by atoms with Crippen LogP contribution < -0.4 is 9.47 Å². The minimum Gasteiger partial charge on any atom is -0.496 e. The van der Waals surface area contributed by atoms with Crippen molar-refractivity contribution in [3.63, 3.8) is 0 Å². The van der Waals surface area contributed by atoms with Gasteiger partial charge in [0.15, 0.2) is 0 Å². The van der Waals surface area contributed by atoms with Gasteiger partial charge in [-0.3, -0.25) is 9.48 Å². The molecule has 3 rings (SSSR count). The second kappa shape index (κ2) is 10.9. The number of likely N-dealkylation sites (N-methyl/N-ethyl adjacent to an activating group) is 1. The third-order valence-electron chi connectivity index (χ3n) is 5.80. The van der Waals surface area contributed by atoms with E-state index in [4.69, 9.17) is 9.47 Å². The van der Waals surface area contributed by atoms with Crippen molar-refractivity contribution in [1.82, 2.24) is 14.7 Å². The third kappa shape index (κ3) is 5.83. The summed E-state index contributed by atoms with van der Waals surface area (Å²) in [6.07, 6.45) is 3.42. The highest BCUT2D eigenvalue weighted by molar-refractivity contribution is 5.91. The number of hydrogen-bond donors (Lipinski definition) is 0. The van der Waals surface area contributed by atoms with Crippen LogP contribution in [-0.4, -0.2) is 34.7 Å². The van der Waals surface area contributed by atoms with E-state index in [2.05, 4.69) is 12.0 Å². The summed E-state index contributed by atoms with van der Waals surface area (Å²) in [5.74, 6) is 1.53. The highest BCUT2D eigenvalue weighted by Gasteiger charge is 2.15. The van der Waals surface area contributed by atoms with Crippen LogP contribution in [0.25, 0.3) is 6.08 Å². The van der Waals surface area contributed by atoms with Crippen LogP contribution in [0.4, 0.5) is 0 Å². The van der Waals surface area contributed by atoms with Gasteiger partial charge in [-0.1, -0.05) is 24.3 Å². The predicted octanol–water partition coefficient (Wildman–Crippen LogP) is 5.09. The minimum absolute atomic E-state index is 0.0634. The topological polar surface area (TPSA) is 56.6 Å². The molecule has 174 valence electrons. The number of nitrogens with zero attached hydrogens (tertiary/aromatic N) is 3. The first-order chi connectivity index (χ1) is 15.8. The lowest BCUT2D eigenvalue weighted by molar-refractivity contribution is -0.125. The first-order valence-electron chi connectivity index (χ1n) is 11.2. The summed E-state index contributed by atoms with van der Waals surface area (Å²) < 4.78 is 13.5. The maximum atomic E-state index is 12.7. The molecule has 0 N–H and O–H groups in total. The third-order valence-corrected chi connectivity index (χ3v) is 5.80. The van der Waals surface area contributed by atoms with E-state index in [0.717, 1.165) is 51.7 Å². The molecule has 0 aliphatic rings. The van der Waals surface area contributed by atoms with Crippen molar-refractivity contribution in [3.8, 4) is 11.5 Å². The van der Waals surface area contributed by atoms with Crippen molar-refractivity contribution >= 4 is 12.0 Å². The average Bonchev–Trinajstić information content (AvgIpc) is 3.09. The molecule has 0 unspecified atom stereocenters. The second-order valence-corrected chi connectivity index (χ2v) is 8.12. The number of methoxy groups -OCH3 is 1. The minimum atomic E-state index is -0.0634. The monoisotopic (exact) mass is 447 g/mol. The SMILES string of the molecule is CCn1nc(C)c(CN(C)C(=O)/C=C/c2ccc(OC)c(COc3ccccc3C)c2)c1C. The quantitative estimate of drug-likeness (QED) is 0.429. The number of rotatable bonds is 9. The highest BCUT2D eigenvalue weighted by atomic mass is 16.5. The molecular weight excluding hydrogens is 414 g/mol. The normalized spacial score (nSPS) is 11.1. The summed E-state index contributed by atoms with van der Waals surface area (Å²) in [6.45, 7) is 9.84. The molecule has 0 saturated heterocycles. The molecule has 0 atom stereocenters. The Morgan fingerprint density at radius 3 is 2.55 bits per heavy atom. The molecule has 0 aliphatic carbocycles. The van der Waals surface area contributed by atoms with Gasteiger partial charge in [0.1, 0.15) is 18.1 Å². The van der Waals surface area contributed by atoms with E-state index in [-0.39, 0.29) is 5.91 Å². The molecule has 0 spiro atoms. The number of hydrogen-bond acceptors (Lipinski definition) is 4. The molecule has 1 aromatic heterocycles. The van der Waals surface area contributed by atoms with E-state index in [1.165, 1.54) is 0 Å². The summed E-state index contributed by atoms with van der Waals surface area (Å²) in [5, 5.41) is 4.54. The number of benzene rings is 2. The number of amides is 1. The first kappa shape index (κ1) is 24.1. The Balaban J connectivity index is 1.70. The largest absolute Gasteiger partial charge is 0.496 e. The molecule has 6 heteroatoms. The van der Waals surface area contributed by atoms with Gasteiger partial charge < -0.3 is 14.4 Å². The molecule has 0 fully saturated rings. The van der Waals surface area contributed by atoms with Crippen molar-refractivity contribution in [2.45, 2.75) is 47.4 Å². The number of aryl methyl sites for hydroxylation is 3. The van der Waals surface area contributed by atoms with E-state index in [1.54, 1.807) is 18.1 Å². The van der Waals surface area contributed by atoms with Crippen molar-refractivity contribution in [2.75, 3.05) is 14.2 Å². The lowest BCUT2D eigenvalue weighted by Crippen LogP contribution is -2.24. The summed E-state index contributed by atoms with van der Waals surface area (Å²) in [6, 6.07) is 13.7. The van der Waals surface area contributed by atoms with E-state index in [9.17, 15) is 4.79 Å². The van der Waals surface area contributed by atoms with E-state index >= 15 is 0 Å². The highest BCUT2D eigenvalue weighted by Crippen LogP contribution is 2.24. The molecule has 0 saturated carbocycles. The first-order valence-corrected chi connectivity index (χ1v) is 11.2. The van der Waals surface area contributed by atoms with Gasteiger partial charge in [0.25, 0.3) is 0 Å². The summed E-state index contributed by atoms with van der Waals surface area (Å²) in [7, 11) is 3.45. The number of carbonyl (C=O) groups is 1. The molecular formula is C27H33N3O3. The van der Waals surface area contributed by atoms with Crippen LogP contribution in [-0.2, 0) is 24.5 Å². The molecule has 0 bridgehead atoms. The lowest BCUT2D eigenvalue weighted by Gasteiger charge is -2.16. The van der Waals surface area contributed by atoms with E-state index < -0.39 is 0 Å². The Morgan fingerprint density at radius 1 is 1.12 bits per heavy atom. The molecule has 3 aromatic rings. The number of carbonyl (C=O) groups excluding carboxylic acids is 1. The van der Waals surface area contributed by atoms with Crippen LogP contribution in [0, 0.1) is 20.8 Å². The zero-order valence-electron chi connectivity index (χ0n) is 20.4. The Kier molecular flexibility index (Phi) is 7.93. The van der Waals surface area contributed by atoms with Crippen LogP contribution in [0.15, 0.2) is 48.5 Å². The van der Waals surface area contributed by atoms with Crippen molar-refractivity contribution < 1.29 is 14.3 Å². The van der Waals surface area contributed by atoms with E-state index in [0.29, 0.717) is 13.2 Å². The van der Waals surface area contributed by atoms with Crippen molar-refractivity contribution in [3.05, 3.63) is 82.2 Å². The predicted molar refractivity (Wildman–Crippen MR) is 131 cm³/mol. The summed E-state index contributed by atoms with van der Waals surface area (Å²) in [4.78, 5) is 14.4. The van der Waals surface area contributed by atoms with Gasteiger partial charge in [-0.15, -0.1) is 0 Å². The number of ether oxygens (including phenoxy) is 2. The van der Waals surface area contributed by atoms with Crippen LogP contribution in [0.5, 0.6) is 11.5 Å². The van der Waals surface area contributed by atoms with Crippen LogP contribution in [0.2, 0.25) is 0 Å². The average molecular weight is 448 g/mol. The number of aromatic nitrogens is 2. The van der Waals surface area contributed by atoms with Gasteiger partial charge in [0, 0.05) is 43.0 Å². The molecule has 1 amide bonds. The zero-order chi connectivity index (χ0) is 24.0. The molecule has 2 aromatic carbocycles. The molecule has 1 heterocycles. The fourth-order valence-electron chi connectivity index (χ4n) is 3.77. The van der Waals surface area contributed by atoms with Crippen LogP contribution in [0.1, 0.15) is 40.6 Å². The van der Waals surface area contributed by atoms with Crippen molar-refractivity contribution in [1.29, 1.82) is 0 Å². The van der Waals surface area contributed by atoms with Gasteiger partial charge in [-0.2, -0.15) is 5.10 Å². The zero-order valence-corrected chi connectivity index (χ0v) is 20.4. The summed E-state index contributed by atoms with van der Waals surface area (Å²) in [5.41, 5.74) is 6.07. The Morgan fingerprint density at radius 2 is 1.88 bits per heavy atom. The Bertz CT molecular complexity index is 1150. The molecule has 0 radical (unpaired) electrons. The second-order valence-electron chi connectivity index (χ2n) is 8.12. The molecule has 6 nitrogen and oxygen atoms in total. The van der Waals surface area contributed by atoms with Gasteiger partial charge in [-0.25, -0.2) is 0 Å². The molecule has 0 aliphatic heterocycles. The van der Waals surface area contributed by atoms with Crippen LogP contribution >= 0.6 is 0 Å². The summed E-state index contributed by atoms with van der Waals surface area (Å²) >= 11 is 0. The fourth-order valence-corrected chi connectivity index (χ4v) is 3.77. The van der Waals surface area contributed by atoms with E-state index in [1.807, 2.05) is 81.0 Å². The van der Waals surface area contributed by atoms with Crippen LogP contribution in [0.3, 0.4) is 0 Å². The lowest BCUT2D eigenvalue weighted by atomic mass is 10.1. The van der Waals surface area contributed by atoms with Gasteiger partial charge in [0.05, 0.1) is 12.8 Å². The van der Waals surface area contributed by atoms with Gasteiger partial charge >= 0.3 is 0 Å². The maximum Gasteiger partial charge on any atom is 0.246 e. The Labute approximate surface area is 196 Å². The Hall–Kier alpha value is -3.54. The van der Waals surface area contributed by atoms with Gasteiger partial charge in [-0.05, 0) is 63.1 Å². The number of para-hydroxylation sites is 1. The standard InChI is InChI=1S/C27H33N3O3/c1-7-30-21(4)24(20(3)28-30)17-29(5)27(31)15-13-22-12-14-26(32-6)23(16-22)18-33-25-11-9-8-10-19(25)2/h8-16H,7,17-18H2,1-6H3/b15-13+. The fraction of sp³-hybridized carbons (Fsp3) is 0.333.